The summed E-state index contributed by atoms with van der Waals surface area (Å²) in [6, 6.07) is 26.6. The monoisotopic (exact) mass is 462 g/mol. The third-order valence-electron chi connectivity index (χ3n) is 5.46. The van der Waals surface area contributed by atoms with Gasteiger partial charge in [0, 0.05) is 30.5 Å². The number of amides is 2. The van der Waals surface area contributed by atoms with Crippen LogP contribution < -0.4 is 5.32 Å². The summed E-state index contributed by atoms with van der Waals surface area (Å²) in [5.41, 5.74) is 2.93. The number of hydrogen-bond donors (Lipinski definition) is 1. The van der Waals surface area contributed by atoms with E-state index < -0.39 is 6.04 Å². The van der Waals surface area contributed by atoms with Gasteiger partial charge in [-0.3, -0.25) is 9.59 Å². The minimum Gasteiger partial charge on any atom is -0.352 e. The van der Waals surface area contributed by atoms with Gasteiger partial charge < -0.3 is 10.2 Å². The molecule has 0 aliphatic heterocycles. The lowest BCUT2D eigenvalue weighted by atomic mass is 10.0. The van der Waals surface area contributed by atoms with E-state index in [1.807, 2.05) is 98.8 Å². The largest absolute Gasteiger partial charge is 0.352 e. The van der Waals surface area contributed by atoms with Crippen molar-refractivity contribution in [1.82, 2.24) is 10.2 Å². The summed E-state index contributed by atoms with van der Waals surface area (Å²) in [7, 11) is 0. The maximum Gasteiger partial charge on any atom is 0.243 e. The zero-order valence-corrected chi connectivity index (χ0v) is 20.0. The molecule has 0 bridgehead atoms. The average molecular weight is 463 g/mol. The first-order chi connectivity index (χ1) is 15.9. The summed E-state index contributed by atoms with van der Waals surface area (Å²) in [6.45, 7) is 4.22. The molecule has 1 atom stereocenters. The molecule has 2 amide bonds. The maximum atomic E-state index is 13.6. The van der Waals surface area contributed by atoms with Crippen LogP contribution in [0, 0.1) is 0 Å². The van der Waals surface area contributed by atoms with Crippen LogP contribution in [0.1, 0.15) is 37.0 Å². The third-order valence-corrected chi connectivity index (χ3v) is 5.83. The Morgan fingerprint density at radius 1 is 0.848 bits per heavy atom. The first-order valence-corrected chi connectivity index (χ1v) is 11.7. The molecule has 1 N–H and O–H groups in total. The van der Waals surface area contributed by atoms with E-state index in [1.165, 1.54) is 0 Å². The van der Waals surface area contributed by atoms with Crippen molar-refractivity contribution in [3.05, 3.63) is 107 Å². The number of carbonyl (C=O) groups excluding carboxylic acids is 2. The van der Waals surface area contributed by atoms with E-state index >= 15 is 0 Å². The molecule has 172 valence electrons. The molecule has 0 radical (unpaired) electrons. The number of nitrogens with one attached hydrogen (secondary N) is 1. The Hall–Kier alpha value is -3.11. The van der Waals surface area contributed by atoms with Crippen LogP contribution in [0.5, 0.6) is 0 Å². The Morgan fingerprint density at radius 2 is 1.42 bits per heavy atom. The Kier molecular flexibility index (Phi) is 9.08. The predicted octanol–water partition coefficient (Wildman–Crippen LogP) is 5.44. The lowest BCUT2D eigenvalue weighted by Gasteiger charge is -2.32. The second-order valence-electron chi connectivity index (χ2n) is 8.47. The normalized spacial score (nSPS) is 11.8. The van der Waals surface area contributed by atoms with Gasteiger partial charge in [-0.25, -0.2) is 0 Å². The summed E-state index contributed by atoms with van der Waals surface area (Å²) in [5, 5.41) is 3.66. The molecule has 3 aromatic rings. The average Bonchev–Trinajstić information content (AvgIpc) is 2.81. The summed E-state index contributed by atoms with van der Waals surface area (Å²) < 4.78 is 0. The molecule has 3 rings (SSSR count). The fraction of sp³-hybridized carbons (Fsp3) is 0.286. The third kappa shape index (κ3) is 7.47. The minimum absolute atomic E-state index is 0.0208. The second-order valence-corrected chi connectivity index (χ2v) is 8.87. The minimum atomic E-state index is -0.617. The van der Waals surface area contributed by atoms with Crippen molar-refractivity contribution in [2.45, 2.75) is 51.7 Å². The molecule has 0 aliphatic carbocycles. The molecular formula is C28H31ClN2O2. The molecule has 33 heavy (non-hydrogen) atoms. The van der Waals surface area contributed by atoms with Crippen molar-refractivity contribution >= 4 is 23.4 Å². The van der Waals surface area contributed by atoms with Gasteiger partial charge >= 0.3 is 0 Å². The molecule has 0 aliphatic rings. The second kappa shape index (κ2) is 12.2. The molecule has 0 fully saturated rings. The zero-order chi connectivity index (χ0) is 23.6. The highest BCUT2D eigenvalue weighted by Crippen LogP contribution is 2.20. The van der Waals surface area contributed by atoms with Gasteiger partial charge in [-0.15, -0.1) is 0 Å². The number of aryl methyl sites for hydroxylation is 1. The van der Waals surface area contributed by atoms with E-state index in [9.17, 15) is 9.59 Å². The first kappa shape index (κ1) is 24.5. The summed E-state index contributed by atoms with van der Waals surface area (Å²) >= 11 is 6.31. The summed E-state index contributed by atoms with van der Waals surface area (Å²) in [4.78, 5) is 28.6. The zero-order valence-electron chi connectivity index (χ0n) is 19.2. The van der Waals surface area contributed by atoms with E-state index in [0.717, 1.165) is 16.7 Å². The molecule has 0 spiro atoms. The van der Waals surface area contributed by atoms with Crippen LogP contribution in [0.25, 0.3) is 0 Å². The van der Waals surface area contributed by atoms with Crippen LogP contribution >= 0.6 is 11.6 Å². The van der Waals surface area contributed by atoms with Crippen LogP contribution in [0.2, 0.25) is 5.02 Å². The van der Waals surface area contributed by atoms with E-state index in [0.29, 0.717) is 24.4 Å². The molecule has 0 saturated carbocycles. The molecular weight excluding hydrogens is 432 g/mol. The Balaban J connectivity index is 1.89. The van der Waals surface area contributed by atoms with Gasteiger partial charge in [0.25, 0.3) is 0 Å². The highest BCUT2D eigenvalue weighted by molar-refractivity contribution is 6.31. The molecule has 0 aromatic heterocycles. The number of rotatable bonds is 10. The predicted molar refractivity (Wildman–Crippen MR) is 134 cm³/mol. The Labute approximate surface area is 201 Å². The Bertz CT molecular complexity index is 1040. The lowest BCUT2D eigenvalue weighted by Crippen LogP contribution is -2.51. The first-order valence-electron chi connectivity index (χ1n) is 11.3. The number of carbonyl (C=O) groups is 2. The molecule has 0 saturated heterocycles. The molecule has 0 unspecified atom stereocenters. The highest BCUT2D eigenvalue weighted by Gasteiger charge is 2.30. The van der Waals surface area contributed by atoms with Crippen LogP contribution in [0.15, 0.2) is 84.9 Å². The van der Waals surface area contributed by atoms with Gasteiger partial charge in [-0.1, -0.05) is 90.5 Å². The number of nitrogens with zero attached hydrogens (tertiary/aromatic N) is 1. The molecule has 5 heteroatoms. The van der Waals surface area contributed by atoms with Gasteiger partial charge in [0.2, 0.25) is 11.8 Å². The standard InChI is InChI=1S/C28H31ClN2O2/c1-21(2)30-28(33)26(19-22-11-5-3-6-12-22)31(20-23-13-7-4-8-14-23)27(32)18-17-24-15-9-10-16-25(24)29/h3-16,21,26H,17-20H2,1-2H3,(H,30,33)/t26-/m0/s1. The van der Waals surface area contributed by atoms with Gasteiger partial charge in [0.05, 0.1) is 0 Å². The SMILES string of the molecule is CC(C)NC(=O)[C@H](Cc1ccccc1)N(Cc1ccccc1)C(=O)CCc1ccccc1Cl. The van der Waals surface area contributed by atoms with Gasteiger partial charge in [-0.2, -0.15) is 0 Å². The van der Waals surface area contributed by atoms with Crippen LogP contribution in [0.4, 0.5) is 0 Å². The molecule has 4 nitrogen and oxygen atoms in total. The smallest absolute Gasteiger partial charge is 0.243 e. The summed E-state index contributed by atoms with van der Waals surface area (Å²) in [6.07, 6.45) is 1.24. The topological polar surface area (TPSA) is 49.4 Å². The van der Waals surface area contributed by atoms with Crippen molar-refractivity contribution in [1.29, 1.82) is 0 Å². The highest BCUT2D eigenvalue weighted by atomic mass is 35.5. The van der Waals surface area contributed by atoms with Crippen molar-refractivity contribution in [3.8, 4) is 0 Å². The fourth-order valence-electron chi connectivity index (χ4n) is 3.80. The van der Waals surface area contributed by atoms with E-state index in [2.05, 4.69) is 5.32 Å². The van der Waals surface area contributed by atoms with Gasteiger partial charge in [0.1, 0.15) is 6.04 Å². The van der Waals surface area contributed by atoms with Crippen LogP contribution in [0.3, 0.4) is 0 Å². The summed E-state index contributed by atoms with van der Waals surface area (Å²) in [5.74, 6) is -0.213. The lowest BCUT2D eigenvalue weighted by molar-refractivity contribution is -0.141. The van der Waals surface area contributed by atoms with Crippen molar-refractivity contribution < 1.29 is 9.59 Å². The number of halogens is 1. The van der Waals surface area contributed by atoms with E-state index in [-0.39, 0.29) is 24.3 Å². The maximum absolute atomic E-state index is 13.6. The fourth-order valence-corrected chi connectivity index (χ4v) is 4.03. The molecule has 0 heterocycles. The molecule has 3 aromatic carbocycles. The van der Waals surface area contributed by atoms with E-state index in [1.54, 1.807) is 4.90 Å². The van der Waals surface area contributed by atoms with Crippen LogP contribution in [-0.4, -0.2) is 28.8 Å². The van der Waals surface area contributed by atoms with Crippen molar-refractivity contribution in [3.63, 3.8) is 0 Å². The van der Waals surface area contributed by atoms with Crippen molar-refractivity contribution in [2.75, 3.05) is 0 Å². The Morgan fingerprint density at radius 3 is 2.03 bits per heavy atom. The van der Waals surface area contributed by atoms with E-state index in [4.69, 9.17) is 11.6 Å². The quantitative estimate of drug-likeness (QED) is 0.436. The van der Waals surface area contributed by atoms with Crippen LogP contribution in [-0.2, 0) is 29.0 Å². The number of hydrogen-bond acceptors (Lipinski definition) is 2. The van der Waals surface area contributed by atoms with Gasteiger partial charge in [0.15, 0.2) is 0 Å². The van der Waals surface area contributed by atoms with Gasteiger partial charge in [-0.05, 0) is 43.0 Å². The van der Waals surface area contributed by atoms with Crippen molar-refractivity contribution in [2.24, 2.45) is 0 Å². The number of benzene rings is 3.